The second-order valence-corrected chi connectivity index (χ2v) is 3.21. The molecule has 0 aliphatic heterocycles. The Bertz CT molecular complexity index is 486. The molecule has 2 aromatic carbocycles. The summed E-state index contributed by atoms with van der Waals surface area (Å²) in [7, 11) is 0. The van der Waals surface area contributed by atoms with Gasteiger partial charge >= 0.3 is 0 Å². The Hall–Kier alpha value is -2.29. The molecule has 2 aromatic rings. The number of hydrogen-bond acceptors (Lipinski definition) is 3. The molecule has 0 radical (unpaired) electrons. The Morgan fingerprint density at radius 1 is 0.625 bits per heavy atom. The van der Waals surface area contributed by atoms with E-state index in [-0.39, 0.29) is 0 Å². The zero-order valence-electron chi connectivity index (χ0n) is 8.74. The number of aliphatic imine (C=N–C) groups is 1. The molecule has 16 heavy (non-hydrogen) atoms. The fourth-order valence-corrected chi connectivity index (χ4v) is 1.23. The van der Waals surface area contributed by atoms with Crippen LogP contribution >= 0.6 is 0 Å². The van der Waals surface area contributed by atoms with Crippen molar-refractivity contribution in [2.45, 2.75) is 0 Å². The van der Waals surface area contributed by atoms with Crippen LogP contribution in [0.5, 0.6) is 0 Å². The van der Waals surface area contributed by atoms with Crippen molar-refractivity contribution < 1.29 is 0 Å². The van der Waals surface area contributed by atoms with Gasteiger partial charge in [-0.25, -0.2) is 0 Å². The van der Waals surface area contributed by atoms with Crippen molar-refractivity contribution in [3.8, 4) is 0 Å². The van der Waals surface area contributed by atoms with E-state index >= 15 is 0 Å². The molecule has 0 saturated carbocycles. The van der Waals surface area contributed by atoms with E-state index in [4.69, 9.17) is 0 Å². The summed E-state index contributed by atoms with van der Waals surface area (Å²) in [6.45, 7) is 3.45. The lowest BCUT2D eigenvalue weighted by Gasteiger charge is -1.94. The van der Waals surface area contributed by atoms with Crippen molar-refractivity contribution in [2.75, 3.05) is 0 Å². The van der Waals surface area contributed by atoms with Gasteiger partial charge in [-0.1, -0.05) is 18.2 Å². The molecule has 3 heteroatoms. The zero-order chi connectivity index (χ0) is 11.2. The Kier molecular flexibility index (Phi) is 3.18. The Morgan fingerprint density at radius 3 is 1.69 bits per heavy atom. The summed E-state index contributed by atoms with van der Waals surface area (Å²) >= 11 is 0. The van der Waals surface area contributed by atoms with Gasteiger partial charge in [0.05, 0.1) is 17.1 Å². The van der Waals surface area contributed by atoms with Crippen molar-refractivity contribution in [3.05, 3.63) is 54.6 Å². The molecular formula is C13H11N3. The quantitative estimate of drug-likeness (QED) is 0.529. The molecule has 78 valence electrons. The van der Waals surface area contributed by atoms with E-state index in [0.29, 0.717) is 0 Å². The lowest BCUT2D eigenvalue weighted by atomic mass is 10.3. The Labute approximate surface area is 94.2 Å². The molecule has 0 aliphatic carbocycles. The van der Waals surface area contributed by atoms with Crippen LogP contribution in [0, 0.1) is 0 Å². The predicted molar refractivity (Wildman–Crippen MR) is 66.3 cm³/mol. The van der Waals surface area contributed by atoms with Crippen LogP contribution in [0.25, 0.3) is 0 Å². The monoisotopic (exact) mass is 209 g/mol. The minimum atomic E-state index is 0.802. The predicted octanol–water partition coefficient (Wildman–Crippen LogP) is 4.43. The van der Waals surface area contributed by atoms with E-state index in [1.54, 1.807) is 0 Å². The summed E-state index contributed by atoms with van der Waals surface area (Å²) in [5.74, 6) is 0. The van der Waals surface area contributed by atoms with Crippen molar-refractivity contribution >= 4 is 23.8 Å². The van der Waals surface area contributed by atoms with Crippen LogP contribution in [-0.4, -0.2) is 6.72 Å². The summed E-state index contributed by atoms with van der Waals surface area (Å²) in [5.41, 5.74) is 2.48. The molecule has 0 saturated heterocycles. The number of hydrogen-bond donors (Lipinski definition) is 0. The highest BCUT2D eigenvalue weighted by Gasteiger charge is 1.90. The largest absolute Gasteiger partial charge is 0.265 e. The number of azo groups is 1. The molecule has 0 aromatic heterocycles. The number of rotatable bonds is 3. The molecule has 0 aliphatic rings. The van der Waals surface area contributed by atoms with Gasteiger partial charge in [-0.15, -0.1) is 0 Å². The lowest BCUT2D eigenvalue weighted by molar-refractivity contribution is 1.23. The van der Waals surface area contributed by atoms with Crippen molar-refractivity contribution in [1.29, 1.82) is 0 Å². The first-order valence-corrected chi connectivity index (χ1v) is 4.92. The van der Waals surface area contributed by atoms with Crippen LogP contribution < -0.4 is 0 Å². The average molecular weight is 209 g/mol. The van der Waals surface area contributed by atoms with Crippen LogP contribution in [0.15, 0.2) is 69.8 Å². The smallest absolute Gasteiger partial charge is 0.0858 e. The van der Waals surface area contributed by atoms with Gasteiger partial charge in [0, 0.05) is 0 Å². The Balaban J connectivity index is 2.14. The fourth-order valence-electron chi connectivity index (χ4n) is 1.23. The average Bonchev–Trinajstić information content (AvgIpc) is 2.38. The summed E-state index contributed by atoms with van der Waals surface area (Å²) in [6.07, 6.45) is 0. The maximum atomic E-state index is 4.11. The van der Waals surface area contributed by atoms with E-state index < -0.39 is 0 Å². The number of nitrogens with zero attached hydrogens (tertiary/aromatic N) is 3. The summed E-state index contributed by atoms with van der Waals surface area (Å²) < 4.78 is 0. The summed E-state index contributed by atoms with van der Waals surface area (Å²) in [5, 5.41) is 8.23. The molecule has 2 rings (SSSR count). The van der Waals surface area contributed by atoms with Gasteiger partial charge in [-0.05, 0) is 43.1 Å². The maximum absolute atomic E-state index is 4.11. The molecular weight excluding hydrogens is 198 g/mol. The highest BCUT2D eigenvalue weighted by molar-refractivity contribution is 5.51. The van der Waals surface area contributed by atoms with Crippen LogP contribution in [0.3, 0.4) is 0 Å². The van der Waals surface area contributed by atoms with Gasteiger partial charge in [0.25, 0.3) is 0 Å². The van der Waals surface area contributed by atoms with E-state index in [1.807, 2.05) is 54.6 Å². The minimum Gasteiger partial charge on any atom is -0.265 e. The minimum absolute atomic E-state index is 0.802. The molecule has 0 fully saturated rings. The van der Waals surface area contributed by atoms with Crippen LogP contribution in [0.2, 0.25) is 0 Å². The first kappa shape index (κ1) is 10.2. The highest BCUT2D eigenvalue weighted by atomic mass is 15.1. The van der Waals surface area contributed by atoms with E-state index in [1.165, 1.54) is 0 Å². The summed E-state index contributed by atoms with van der Waals surface area (Å²) in [4.78, 5) is 3.81. The second kappa shape index (κ2) is 4.98. The standard InChI is InChI=1S/C13H11N3/c1-14-11-7-9-13(10-8-11)16-15-12-5-3-2-4-6-12/h2-10H,1H2. The number of benzene rings is 2. The van der Waals surface area contributed by atoms with Crippen molar-refractivity contribution in [3.63, 3.8) is 0 Å². The topological polar surface area (TPSA) is 37.1 Å². The molecule has 0 atom stereocenters. The van der Waals surface area contributed by atoms with E-state index in [2.05, 4.69) is 21.9 Å². The molecule has 0 amide bonds. The van der Waals surface area contributed by atoms with Gasteiger partial charge in [0.15, 0.2) is 0 Å². The van der Waals surface area contributed by atoms with Gasteiger partial charge in [-0.3, -0.25) is 4.99 Å². The van der Waals surface area contributed by atoms with Gasteiger partial charge in [0.2, 0.25) is 0 Å². The zero-order valence-corrected chi connectivity index (χ0v) is 8.74. The fraction of sp³-hybridized carbons (Fsp3) is 0. The lowest BCUT2D eigenvalue weighted by Crippen LogP contribution is -1.65. The SMILES string of the molecule is C=Nc1ccc(N=Nc2ccccc2)cc1. The first-order chi connectivity index (χ1) is 7.88. The molecule has 0 spiro atoms. The Morgan fingerprint density at radius 2 is 1.12 bits per heavy atom. The third-order valence-electron chi connectivity index (χ3n) is 2.07. The molecule has 0 bridgehead atoms. The van der Waals surface area contributed by atoms with Gasteiger partial charge < -0.3 is 0 Å². The molecule has 0 N–H and O–H groups in total. The van der Waals surface area contributed by atoms with E-state index in [9.17, 15) is 0 Å². The van der Waals surface area contributed by atoms with Crippen LogP contribution in [0.1, 0.15) is 0 Å². The van der Waals surface area contributed by atoms with Gasteiger partial charge in [-0.2, -0.15) is 10.2 Å². The van der Waals surface area contributed by atoms with Crippen molar-refractivity contribution in [1.82, 2.24) is 0 Å². The third kappa shape index (κ3) is 2.60. The van der Waals surface area contributed by atoms with Crippen LogP contribution in [0.4, 0.5) is 17.1 Å². The first-order valence-electron chi connectivity index (χ1n) is 4.92. The summed E-state index contributed by atoms with van der Waals surface area (Å²) in [6, 6.07) is 17.0. The second-order valence-electron chi connectivity index (χ2n) is 3.21. The normalized spacial score (nSPS) is 10.5. The van der Waals surface area contributed by atoms with Crippen LogP contribution in [-0.2, 0) is 0 Å². The van der Waals surface area contributed by atoms with Crippen molar-refractivity contribution in [2.24, 2.45) is 15.2 Å². The van der Waals surface area contributed by atoms with Gasteiger partial charge in [0.1, 0.15) is 0 Å². The molecule has 0 heterocycles. The third-order valence-corrected chi connectivity index (χ3v) is 2.07. The highest BCUT2D eigenvalue weighted by Crippen LogP contribution is 2.20. The molecule has 3 nitrogen and oxygen atoms in total. The van der Waals surface area contributed by atoms with E-state index in [0.717, 1.165) is 17.1 Å². The molecule has 0 unspecified atom stereocenters. The maximum Gasteiger partial charge on any atom is 0.0858 e.